The zero-order valence-electron chi connectivity index (χ0n) is 12.3. The van der Waals surface area contributed by atoms with Gasteiger partial charge in [0, 0.05) is 12.8 Å². The van der Waals surface area contributed by atoms with E-state index in [-0.39, 0.29) is 11.5 Å². The minimum absolute atomic E-state index is 0.110. The lowest BCUT2D eigenvalue weighted by atomic mass is 9.83. The van der Waals surface area contributed by atoms with Crippen LogP contribution in [0.4, 0.5) is 0 Å². The molecule has 1 aromatic heterocycles. The van der Waals surface area contributed by atoms with E-state index in [1.807, 2.05) is 0 Å². The summed E-state index contributed by atoms with van der Waals surface area (Å²) in [7, 11) is 0. The van der Waals surface area contributed by atoms with E-state index in [2.05, 4.69) is 11.9 Å². The first kappa shape index (κ1) is 15.2. The lowest BCUT2D eigenvalue weighted by molar-refractivity contribution is 0.0517. The van der Waals surface area contributed by atoms with Crippen LogP contribution in [0.1, 0.15) is 77.5 Å². The Bertz CT molecular complexity index is 501. The normalized spacial score (nSPS) is 22.6. The number of aromatic nitrogens is 1. The number of carbonyl (C=O) groups excluding carboxylic acids is 2. The zero-order chi connectivity index (χ0) is 14.7. The number of Topliss-reactive ketones (excluding diaryl/α,β-unsaturated/α-hetero) is 1. The number of nitrogens with zero attached hydrogens (tertiary/aromatic N) is 1. The van der Waals surface area contributed by atoms with Crippen LogP contribution in [0.3, 0.4) is 0 Å². The first-order valence-corrected chi connectivity index (χ1v) is 8.03. The average Bonchev–Trinajstić information content (AvgIpc) is 2.85. The van der Waals surface area contributed by atoms with Gasteiger partial charge in [-0.2, -0.15) is 0 Å². The first-order valence-electron chi connectivity index (χ1n) is 7.21. The second-order valence-corrected chi connectivity index (χ2v) is 6.49. The van der Waals surface area contributed by atoms with Crippen LogP contribution in [-0.2, 0) is 4.74 Å². The third kappa shape index (κ3) is 3.26. The van der Waals surface area contributed by atoms with Gasteiger partial charge in [-0.25, -0.2) is 9.78 Å². The highest BCUT2D eigenvalue weighted by molar-refractivity contribution is 7.14. The van der Waals surface area contributed by atoms with Gasteiger partial charge >= 0.3 is 5.97 Å². The third-order valence-electron chi connectivity index (χ3n) is 3.80. The van der Waals surface area contributed by atoms with Crippen molar-refractivity contribution in [2.75, 3.05) is 6.61 Å². The summed E-state index contributed by atoms with van der Waals surface area (Å²) in [4.78, 5) is 28.4. The quantitative estimate of drug-likeness (QED) is 0.626. The Morgan fingerprint density at radius 3 is 2.50 bits per heavy atom. The van der Waals surface area contributed by atoms with Crippen LogP contribution in [-0.4, -0.2) is 23.3 Å². The highest BCUT2D eigenvalue weighted by Crippen LogP contribution is 2.38. The van der Waals surface area contributed by atoms with E-state index in [9.17, 15) is 9.59 Å². The number of thiazole rings is 1. The Morgan fingerprint density at radius 1 is 1.30 bits per heavy atom. The van der Waals surface area contributed by atoms with Gasteiger partial charge in [0.1, 0.15) is 4.88 Å². The van der Waals surface area contributed by atoms with Gasteiger partial charge in [0.05, 0.1) is 11.6 Å². The second kappa shape index (κ2) is 6.48. The number of ether oxygens (including phenoxy) is 1. The molecule has 0 N–H and O–H groups in total. The van der Waals surface area contributed by atoms with E-state index in [0.29, 0.717) is 17.4 Å². The van der Waals surface area contributed by atoms with E-state index in [1.54, 1.807) is 6.92 Å². The van der Waals surface area contributed by atoms with Crippen LogP contribution in [0.25, 0.3) is 0 Å². The summed E-state index contributed by atoms with van der Waals surface area (Å²) >= 11 is 1.37. The molecule has 1 aliphatic carbocycles. The lowest BCUT2D eigenvalue weighted by Gasteiger charge is -2.24. The van der Waals surface area contributed by atoms with Crippen molar-refractivity contribution < 1.29 is 14.3 Å². The summed E-state index contributed by atoms with van der Waals surface area (Å²) in [6, 6.07) is 0. The van der Waals surface area contributed by atoms with Gasteiger partial charge in [-0.1, -0.05) is 19.8 Å². The molecule has 0 atom stereocenters. The summed E-state index contributed by atoms with van der Waals surface area (Å²) < 4.78 is 4.99. The van der Waals surface area contributed by atoms with E-state index < -0.39 is 5.97 Å². The van der Waals surface area contributed by atoms with Gasteiger partial charge in [0.25, 0.3) is 0 Å². The van der Waals surface area contributed by atoms with Crippen molar-refractivity contribution in [3.05, 3.63) is 15.6 Å². The minimum atomic E-state index is -0.482. The molecule has 0 radical (unpaired) electrons. The molecule has 1 aromatic rings. The Balaban J connectivity index is 2.25. The molecule has 1 fully saturated rings. The molecule has 2 rings (SSSR count). The summed E-state index contributed by atoms with van der Waals surface area (Å²) in [5.41, 5.74) is 0.206. The Labute approximate surface area is 123 Å². The number of rotatable bonds is 4. The van der Waals surface area contributed by atoms with Crippen LogP contribution < -0.4 is 0 Å². The van der Waals surface area contributed by atoms with Crippen LogP contribution in [0.15, 0.2) is 0 Å². The number of esters is 1. The predicted octanol–water partition coefficient (Wildman–Crippen LogP) is 3.82. The van der Waals surface area contributed by atoms with Crippen LogP contribution >= 0.6 is 11.3 Å². The first-order chi connectivity index (χ1) is 9.52. The maximum absolute atomic E-state index is 11.9. The standard InChI is InChI=1S/C15H21NO3S/c1-4-19-15(18)12-13(10(3)17)20-14(16-12)11-7-5-9(2)6-8-11/h9,11H,4-8H2,1-3H3. The molecule has 0 saturated heterocycles. The van der Waals surface area contributed by atoms with Gasteiger partial charge in [-0.15, -0.1) is 11.3 Å². The van der Waals surface area contributed by atoms with E-state index in [0.717, 1.165) is 23.8 Å². The van der Waals surface area contributed by atoms with Crippen molar-refractivity contribution in [1.82, 2.24) is 4.98 Å². The van der Waals surface area contributed by atoms with E-state index in [1.165, 1.54) is 31.1 Å². The zero-order valence-corrected chi connectivity index (χ0v) is 13.1. The molecule has 20 heavy (non-hydrogen) atoms. The number of hydrogen-bond acceptors (Lipinski definition) is 5. The minimum Gasteiger partial charge on any atom is -0.461 e. The molecule has 0 aromatic carbocycles. The van der Waals surface area contributed by atoms with E-state index >= 15 is 0 Å². The van der Waals surface area contributed by atoms with Crippen LogP contribution in [0, 0.1) is 5.92 Å². The highest BCUT2D eigenvalue weighted by Gasteiger charge is 2.27. The Hall–Kier alpha value is -1.23. The fourth-order valence-corrected chi connectivity index (χ4v) is 3.71. The van der Waals surface area contributed by atoms with Crippen molar-refractivity contribution in [1.29, 1.82) is 0 Å². The Morgan fingerprint density at radius 2 is 1.95 bits per heavy atom. The average molecular weight is 295 g/mol. The molecule has 0 spiro atoms. The topological polar surface area (TPSA) is 56.3 Å². The molecule has 1 heterocycles. The summed E-state index contributed by atoms with van der Waals surface area (Å²) in [5.74, 6) is 0.561. The maximum Gasteiger partial charge on any atom is 0.358 e. The third-order valence-corrected chi connectivity index (χ3v) is 5.12. The van der Waals surface area contributed by atoms with Crippen molar-refractivity contribution >= 4 is 23.1 Å². The number of ketones is 1. The molecular weight excluding hydrogens is 274 g/mol. The molecule has 0 aliphatic heterocycles. The van der Waals surface area contributed by atoms with Gasteiger partial charge in [0.15, 0.2) is 11.5 Å². The van der Waals surface area contributed by atoms with Crippen molar-refractivity contribution in [3.63, 3.8) is 0 Å². The van der Waals surface area contributed by atoms with Gasteiger partial charge in [-0.3, -0.25) is 4.79 Å². The molecule has 0 bridgehead atoms. The molecule has 0 amide bonds. The second-order valence-electron chi connectivity index (χ2n) is 5.46. The van der Waals surface area contributed by atoms with Gasteiger partial charge < -0.3 is 4.74 Å². The Kier molecular flexibility index (Phi) is 4.91. The van der Waals surface area contributed by atoms with Gasteiger partial charge in [0.2, 0.25) is 0 Å². The summed E-state index contributed by atoms with van der Waals surface area (Å²) in [6.45, 7) is 5.79. The monoisotopic (exact) mass is 295 g/mol. The fourth-order valence-electron chi connectivity index (χ4n) is 2.59. The molecule has 5 heteroatoms. The number of carbonyl (C=O) groups is 2. The molecule has 1 aliphatic rings. The molecule has 4 nitrogen and oxygen atoms in total. The smallest absolute Gasteiger partial charge is 0.358 e. The van der Waals surface area contributed by atoms with Crippen LogP contribution in [0.2, 0.25) is 0 Å². The van der Waals surface area contributed by atoms with Crippen molar-refractivity contribution in [2.45, 2.75) is 52.4 Å². The summed E-state index contributed by atoms with van der Waals surface area (Å²) in [6.07, 6.45) is 4.56. The lowest BCUT2D eigenvalue weighted by Crippen LogP contribution is -2.12. The predicted molar refractivity (Wildman–Crippen MR) is 78.4 cm³/mol. The molecule has 110 valence electrons. The molecule has 1 saturated carbocycles. The molecule has 0 unspecified atom stereocenters. The van der Waals surface area contributed by atoms with E-state index in [4.69, 9.17) is 4.74 Å². The fraction of sp³-hybridized carbons (Fsp3) is 0.667. The maximum atomic E-state index is 11.9. The van der Waals surface area contributed by atoms with Crippen molar-refractivity contribution in [3.8, 4) is 0 Å². The van der Waals surface area contributed by atoms with Crippen molar-refractivity contribution in [2.24, 2.45) is 5.92 Å². The van der Waals surface area contributed by atoms with Crippen LogP contribution in [0.5, 0.6) is 0 Å². The molecular formula is C15H21NO3S. The summed E-state index contributed by atoms with van der Waals surface area (Å²) in [5, 5.41) is 0.921. The number of hydrogen-bond donors (Lipinski definition) is 0. The SMILES string of the molecule is CCOC(=O)c1nc(C2CCC(C)CC2)sc1C(C)=O. The highest BCUT2D eigenvalue weighted by atomic mass is 32.1. The largest absolute Gasteiger partial charge is 0.461 e. The van der Waals surface area contributed by atoms with Gasteiger partial charge in [-0.05, 0) is 25.7 Å².